The number of unbranched alkanes of at least 4 members (excludes halogenated alkanes) is 11. The largest absolute Gasteiger partial charge is 0.472 e. The molecule has 0 radical (unpaired) electrons. The Morgan fingerprint density at radius 3 is 1.76 bits per heavy atom. The minimum absolute atomic E-state index is 0.0442. The minimum atomic E-state index is -4.90. The number of esters is 2. The van der Waals surface area contributed by atoms with Crippen LogP contribution in [-0.4, -0.2) is 104 Å². The molecule has 0 rings (SSSR count). The monoisotopic (exact) mass is 922 g/mol. The molecule has 358 valence electrons. The predicted octanol–water partition coefficient (Wildman–Crippen LogP) is 7.92. The zero-order valence-electron chi connectivity index (χ0n) is 36.8. The average Bonchev–Trinajstić information content (AvgIpc) is 3.22. The van der Waals surface area contributed by atoms with Gasteiger partial charge >= 0.3 is 27.6 Å². The first-order valence-corrected chi connectivity index (χ1v) is 25.0. The van der Waals surface area contributed by atoms with Crippen molar-refractivity contribution in [3.05, 3.63) is 72.9 Å². The second kappa shape index (κ2) is 38.9. The van der Waals surface area contributed by atoms with Gasteiger partial charge in [0.2, 0.25) is 0 Å². The van der Waals surface area contributed by atoms with Gasteiger partial charge in [0, 0.05) is 12.8 Å². The van der Waals surface area contributed by atoms with E-state index in [1.54, 1.807) is 42.5 Å². The second-order valence-electron chi connectivity index (χ2n) is 14.8. The molecule has 0 saturated heterocycles. The number of ether oxygens (including phenoxy) is 2. The van der Waals surface area contributed by atoms with Crippen molar-refractivity contribution in [3.8, 4) is 0 Å². The van der Waals surface area contributed by atoms with Gasteiger partial charge in [-0.3, -0.25) is 23.2 Å². The minimum Gasteiger partial charge on any atom is -0.462 e. The lowest BCUT2D eigenvalue weighted by atomic mass is 10.1. The van der Waals surface area contributed by atoms with Gasteiger partial charge in [-0.25, -0.2) is 9.13 Å². The van der Waals surface area contributed by atoms with E-state index < -0.39 is 84.5 Å². The van der Waals surface area contributed by atoms with Crippen molar-refractivity contribution in [2.75, 3.05) is 26.4 Å². The molecule has 0 bridgehead atoms. The second-order valence-corrected chi connectivity index (χ2v) is 17.5. The fraction of sp³-hybridized carbons (Fsp3) is 0.682. The molecular formula is C44H76O16P2. The lowest BCUT2D eigenvalue weighted by molar-refractivity contribution is -0.161. The maximum atomic E-state index is 12.7. The summed E-state index contributed by atoms with van der Waals surface area (Å²) in [5.74, 6) is -1.38. The molecule has 18 heteroatoms. The van der Waals surface area contributed by atoms with Gasteiger partial charge in [-0.2, -0.15) is 0 Å². The molecule has 0 heterocycles. The van der Waals surface area contributed by atoms with Gasteiger partial charge in [-0.1, -0.05) is 138 Å². The summed E-state index contributed by atoms with van der Waals surface area (Å²) in [6.45, 7) is 1.15. The summed E-state index contributed by atoms with van der Waals surface area (Å²) in [6, 6.07) is 0. The van der Waals surface area contributed by atoms with Gasteiger partial charge in [0.15, 0.2) is 6.10 Å². The highest BCUT2D eigenvalue weighted by Crippen LogP contribution is 2.43. The molecule has 7 N–H and O–H groups in total. The number of carbonyl (C=O) groups excluding carboxylic acids is 2. The van der Waals surface area contributed by atoms with E-state index in [4.69, 9.17) is 23.8 Å². The first-order valence-electron chi connectivity index (χ1n) is 22.0. The lowest BCUT2D eigenvalue weighted by Gasteiger charge is -2.20. The van der Waals surface area contributed by atoms with E-state index in [-0.39, 0.29) is 25.7 Å². The number of phosphoric acid groups is 2. The standard InChI is InChI=1S/C44H76O16P2/c1-3-5-7-8-9-10-11-12-13-14-15-16-17-22-26-32-44(50)60-40(37-59-62(54,55)58-35-39(46)34-57-61(51,52)53)36-56-43(49)33-27-31-42(48)41(47)30-25-21-19-18-20-24-29-38(45)28-23-6-4-2/h6,12-13,18-21,23-25,29-30,38-42,45-48H,3-5,7-11,14-17,22,26-28,31-37H2,1-2H3,(H,54,55)(H2,51,52,53)/b13-12-,20-18+,21-19-,23-6-,29-24+,30-25-/t38-,39+,40-,41+,42+/m1/s1. The van der Waals surface area contributed by atoms with Gasteiger partial charge in [0.1, 0.15) is 12.7 Å². The highest BCUT2D eigenvalue weighted by molar-refractivity contribution is 7.47. The summed E-state index contributed by atoms with van der Waals surface area (Å²) >= 11 is 0. The van der Waals surface area contributed by atoms with Gasteiger partial charge in [-0.05, 0) is 57.8 Å². The Labute approximate surface area is 369 Å². The molecule has 0 fully saturated rings. The smallest absolute Gasteiger partial charge is 0.462 e. The fourth-order valence-electron chi connectivity index (χ4n) is 5.45. The van der Waals surface area contributed by atoms with E-state index in [2.05, 4.69) is 28.1 Å². The van der Waals surface area contributed by atoms with Crippen LogP contribution in [-0.2, 0) is 41.8 Å². The Kier molecular flexibility index (Phi) is 37.3. The summed E-state index contributed by atoms with van der Waals surface area (Å²) in [5.41, 5.74) is 0. The maximum Gasteiger partial charge on any atom is 0.472 e. The Morgan fingerprint density at radius 1 is 0.581 bits per heavy atom. The average molecular weight is 923 g/mol. The van der Waals surface area contributed by atoms with E-state index in [0.717, 1.165) is 44.9 Å². The molecule has 0 aromatic heterocycles. The third-order valence-electron chi connectivity index (χ3n) is 8.91. The highest BCUT2D eigenvalue weighted by Gasteiger charge is 2.28. The van der Waals surface area contributed by atoms with Gasteiger partial charge in [0.25, 0.3) is 0 Å². The molecule has 0 spiro atoms. The van der Waals surface area contributed by atoms with Crippen LogP contribution in [0.15, 0.2) is 72.9 Å². The van der Waals surface area contributed by atoms with Crippen molar-refractivity contribution in [1.29, 1.82) is 0 Å². The van der Waals surface area contributed by atoms with E-state index in [1.165, 1.54) is 44.6 Å². The Morgan fingerprint density at radius 2 is 1.13 bits per heavy atom. The first kappa shape index (κ1) is 59.4. The number of allylic oxidation sites excluding steroid dienone is 9. The van der Waals surface area contributed by atoms with E-state index in [1.807, 2.05) is 19.1 Å². The first-order chi connectivity index (χ1) is 29.6. The molecule has 0 aliphatic rings. The quantitative estimate of drug-likeness (QED) is 0.0101. The van der Waals surface area contributed by atoms with Gasteiger partial charge < -0.3 is 44.6 Å². The number of carbonyl (C=O) groups is 2. The van der Waals surface area contributed by atoms with Crippen LogP contribution in [0.4, 0.5) is 0 Å². The molecule has 62 heavy (non-hydrogen) atoms. The Balaban J connectivity index is 4.85. The van der Waals surface area contributed by atoms with Gasteiger partial charge in [0.05, 0.1) is 38.1 Å². The molecule has 1 unspecified atom stereocenters. The van der Waals surface area contributed by atoms with Crippen molar-refractivity contribution in [2.24, 2.45) is 0 Å². The van der Waals surface area contributed by atoms with Crippen molar-refractivity contribution in [2.45, 2.75) is 166 Å². The van der Waals surface area contributed by atoms with E-state index >= 15 is 0 Å². The van der Waals surface area contributed by atoms with Crippen LogP contribution < -0.4 is 0 Å². The predicted molar refractivity (Wildman–Crippen MR) is 239 cm³/mol. The Hall–Kier alpha value is -2.56. The molecule has 0 aromatic carbocycles. The van der Waals surface area contributed by atoms with Crippen molar-refractivity contribution >= 4 is 27.6 Å². The number of phosphoric ester groups is 2. The fourth-order valence-corrected chi connectivity index (χ4v) is 6.60. The molecule has 0 saturated carbocycles. The van der Waals surface area contributed by atoms with Crippen molar-refractivity contribution < 1.29 is 76.9 Å². The van der Waals surface area contributed by atoms with Crippen molar-refractivity contribution in [3.63, 3.8) is 0 Å². The summed E-state index contributed by atoms with van der Waals surface area (Å²) < 4.78 is 47.5. The van der Waals surface area contributed by atoms with E-state index in [0.29, 0.717) is 12.8 Å². The van der Waals surface area contributed by atoms with Crippen LogP contribution in [0, 0.1) is 0 Å². The number of aliphatic hydroxyl groups excluding tert-OH is 4. The zero-order chi connectivity index (χ0) is 46.3. The summed E-state index contributed by atoms with van der Waals surface area (Å²) in [4.78, 5) is 52.7. The lowest BCUT2D eigenvalue weighted by Crippen LogP contribution is -2.30. The number of hydrogen-bond donors (Lipinski definition) is 7. The van der Waals surface area contributed by atoms with Crippen LogP contribution in [0.2, 0.25) is 0 Å². The SMILES string of the molecule is CC/C=C\C[C@@H](O)/C=C/C=C/C=C\C=C/[C@H](O)[C@@H](O)CCCC(=O)OC[C@H](COP(=O)(O)OC[C@@H](O)COP(=O)(O)O)OC(=O)CCCCCCC/C=C\CCCCCCCC. The third-order valence-corrected chi connectivity index (χ3v) is 10.3. The summed E-state index contributed by atoms with van der Waals surface area (Å²) in [6.07, 6.45) is 31.2. The van der Waals surface area contributed by atoms with Crippen LogP contribution in [0.3, 0.4) is 0 Å². The molecular weight excluding hydrogens is 846 g/mol. The van der Waals surface area contributed by atoms with Crippen LogP contribution >= 0.6 is 15.6 Å². The molecule has 0 aliphatic carbocycles. The zero-order valence-corrected chi connectivity index (χ0v) is 38.6. The molecule has 0 aliphatic heterocycles. The van der Waals surface area contributed by atoms with Crippen molar-refractivity contribution in [1.82, 2.24) is 0 Å². The normalized spacial score (nSPS) is 16.2. The van der Waals surface area contributed by atoms with Crippen LogP contribution in [0.25, 0.3) is 0 Å². The molecule has 0 amide bonds. The molecule has 6 atom stereocenters. The van der Waals surface area contributed by atoms with E-state index in [9.17, 15) is 44.0 Å². The number of hydrogen-bond acceptors (Lipinski definition) is 13. The van der Waals surface area contributed by atoms with Gasteiger partial charge in [-0.15, -0.1) is 0 Å². The maximum absolute atomic E-state index is 12.7. The molecule has 16 nitrogen and oxygen atoms in total. The van der Waals surface area contributed by atoms with Crippen LogP contribution in [0.1, 0.15) is 136 Å². The summed E-state index contributed by atoms with van der Waals surface area (Å²) in [7, 11) is -9.80. The third kappa shape index (κ3) is 40.2. The van der Waals surface area contributed by atoms with Crippen LogP contribution in [0.5, 0.6) is 0 Å². The number of aliphatic hydroxyl groups is 4. The number of rotatable bonds is 40. The molecule has 0 aromatic rings. The highest BCUT2D eigenvalue weighted by atomic mass is 31.2. The topological polar surface area (TPSA) is 256 Å². The summed E-state index contributed by atoms with van der Waals surface area (Å²) in [5, 5.41) is 40.2. The Bertz CT molecular complexity index is 1420.